The van der Waals surface area contributed by atoms with E-state index in [0.29, 0.717) is 27.1 Å². The van der Waals surface area contributed by atoms with Crippen LogP contribution in [-0.2, 0) is 20.9 Å². The first-order chi connectivity index (χ1) is 18.3. The highest BCUT2D eigenvalue weighted by molar-refractivity contribution is 6.35. The number of aliphatic hydroxyl groups is 1. The largest absolute Gasteiger partial charge is 0.478 e. The molecule has 10 nitrogen and oxygen atoms in total. The van der Waals surface area contributed by atoms with Crippen LogP contribution < -0.4 is 16.0 Å². The van der Waals surface area contributed by atoms with Crippen molar-refractivity contribution in [1.82, 2.24) is 10.6 Å². The highest BCUT2D eigenvalue weighted by atomic mass is 35.5. The Morgan fingerprint density at radius 1 is 1.03 bits per heavy atom. The first kappa shape index (κ1) is 29.2. The number of carbonyl (C=O) groups is 3. The first-order valence-corrected chi connectivity index (χ1v) is 12.4. The summed E-state index contributed by atoms with van der Waals surface area (Å²) in [6.07, 6.45) is -0.241. The number of nitrogens with one attached hydrogen (secondary N) is 3. The van der Waals surface area contributed by atoms with Crippen molar-refractivity contribution in [1.29, 1.82) is 0 Å². The molecule has 3 aromatic rings. The van der Waals surface area contributed by atoms with E-state index < -0.39 is 23.8 Å². The van der Waals surface area contributed by atoms with E-state index in [1.54, 1.807) is 42.5 Å². The summed E-state index contributed by atoms with van der Waals surface area (Å²) in [6, 6.07) is 13.3. The lowest BCUT2D eigenvalue weighted by molar-refractivity contribution is -0.126. The topological polar surface area (TPSA) is 150 Å². The van der Waals surface area contributed by atoms with Crippen LogP contribution in [0.3, 0.4) is 0 Å². The molecular weight excluding hydrogens is 537 g/mol. The van der Waals surface area contributed by atoms with Crippen LogP contribution in [0.4, 0.5) is 5.69 Å². The Hall–Kier alpha value is -3.41. The molecule has 5 N–H and O–H groups in total. The molecule has 0 aliphatic rings. The highest BCUT2D eigenvalue weighted by Crippen LogP contribution is 2.31. The van der Waals surface area contributed by atoms with E-state index in [1.807, 2.05) is 0 Å². The number of aromatic carboxylic acids is 1. The molecule has 12 heteroatoms. The molecule has 0 radical (unpaired) electrons. The van der Waals surface area contributed by atoms with Gasteiger partial charge in [-0.2, -0.15) is 0 Å². The molecule has 202 valence electrons. The molecule has 0 spiro atoms. The van der Waals surface area contributed by atoms with E-state index in [9.17, 15) is 19.5 Å². The van der Waals surface area contributed by atoms with E-state index in [2.05, 4.69) is 16.0 Å². The minimum absolute atomic E-state index is 0.0841. The van der Waals surface area contributed by atoms with Crippen molar-refractivity contribution < 1.29 is 33.8 Å². The summed E-state index contributed by atoms with van der Waals surface area (Å²) in [4.78, 5) is 37.1. The van der Waals surface area contributed by atoms with Gasteiger partial charge in [-0.05, 0) is 42.5 Å². The number of anilines is 1. The Morgan fingerprint density at radius 2 is 1.82 bits per heavy atom. The van der Waals surface area contributed by atoms with Crippen molar-refractivity contribution in [2.45, 2.75) is 19.0 Å². The number of hydrogen-bond acceptors (Lipinski definition) is 7. The van der Waals surface area contributed by atoms with Crippen LogP contribution in [-0.4, -0.2) is 60.4 Å². The van der Waals surface area contributed by atoms with Crippen molar-refractivity contribution in [3.05, 3.63) is 76.0 Å². The summed E-state index contributed by atoms with van der Waals surface area (Å²) in [5, 5.41) is 27.3. The van der Waals surface area contributed by atoms with E-state index in [-0.39, 0.29) is 50.6 Å². The highest BCUT2D eigenvalue weighted by Gasteiger charge is 2.24. The van der Waals surface area contributed by atoms with E-state index in [4.69, 9.17) is 37.5 Å². The van der Waals surface area contributed by atoms with Crippen molar-refractivity contribution in [3.63, 3.8) is 0 Å². The predicted octanol–water partition coefficient (Wildman–Crippen LogP) is 3.56. The number of aliphatic hydroxyl groups excluding tert-OH is 1. The second-order valence-electron chi connectivity index (χ2n) is 8.05. The van der Waals surface area contributed by atoms with Gasteiger partial charge in [0.2, 0.25) is 11.8 Å². The maximum absolute atomic E-state index is 13.1. The second kappa shape index (κ2) is 14.5. The predicted molar refractivity (Wildman–Crippen MR) is 142 cm³/mol. The number of hydrogen-bond donors (Lipinski definition) is 5. The molecular formula is C26H27Cl2N3O7. The van der Waals surface area contributed by atoms with Crippen molar-refractivity contribution >= 4 is 46.7 Å². The number of ether oxygens (including phenoxy) is 1. The maximum Gasteiger partial charge on any atom is 0.337 e. The molecule has 38 heavy (non-hydrogen) atoms. The third-order valence-corrected chi connectivity index (χ3v) is 5.87. The van der Waals surface area contributed by atoms with Crippen LogP contribution in [0.15, 0.2) is 59.0 Å². The lowest BCUT2D eigenvalue weighted by Crippen LogP contribution is -2.44. The summed E-state index contributed by atoms with van der Waals surface area (Å²) in [5.74, 6) is -1.28. The molecule has 0 saturated heterocycles. The van der Waals surface area contributed by atoms with Gasteiger partial charge in [-0.1, -0.05) is 35.3 Å². The number of amides is 2. The van der Waals surface area contributed by atoms with Crippen LogP contribution in [0.2, 0.25) is 10.0 Å². The second-order valence-corrected chi connectivity index (χ2v) is 8.90. The van der Waals surface area contributed by atoms with Gasteiger partial charge in [-0.25, -0.2) is 4.79 Å². The molecule has 2 amide bonds. The van der Waals surface area contributed by atoms with Gasteiger partial charge in [0.1, 0.15) is 11.5 Å². The van der Waals surface area contributed by atoms with E-state index in [1.165, 1.54) is 12.1 Å². The number of carboxylic acids is 1. The van der Waals surface area contributed by atoms with Crippen molar-refractivity contribution in [3.8, 4) is 11.3 Å². The molecule has 0 bridgehead atoms. The van der Waals surface area contributed by atoms with Gasteiger partial charge in [0.15, 0.2) is 0 Å². The Bertz CT molecular complexity index is 1270. The fourth-order valence-electron chi connectivity index (χ4n) is 3.47. The van der Waals surface area contributed by atoms with E-state index in [0.717, 1.165) is 0 Å². The number of carbonyl (C=O) groups excluding carboxylic acids is 2. The minimum atomic E-state index is -1.20. The summed E-state index contributed by atoms with van der Waals surface area (Å²) >= 11 is 12.3. The lowest BCUT2D eigenvalue weighted by Gasteiger charge is -2.18. The van der Waals surface area contributed by atoms with Gasteiger partial charge in [-0.15, -0.1) is 0 Å². The van der Waals surface area contributed by atoms with Gasteiger partial charge < -0.3 is 30.0 Å². The summed E-state index contributed by atoms with van der Waals surface area (Å²) < 4.78 is 11.0. The molecule has 0 aliphatic heterocycles. The molecule has 1 unspecified atom stereocenters. The fraction of sp³-hybridized carbons (Fsp3) is 0.269. The zero-order chi connectivity index (χ0) is 27.5. The van der Waals surface area contributed by atoms with Crippen LogP contribution in [0.5, 0.6) is 0 Å². The van der Waals surface area contributed by atoms with Gasteiger partial charge in [0.05, 0.1) is 55.1 Å². The fourth-order valence-corrected chi connectivity index (χ4v) is 3.85. The van der Waals surface area contributed by atoms with Gasteiger partial charge in [0, 0.05) is 17.1 Å². The number of rotatable bonds is 14. The van der Waals surface area contributed by atoms with Crippen LogP contribution in [0, 0.1) is 0 Å². The molecule has 0 fully saturated rings. The minimum Gasteiger partial charge on any atom is -0.478 e. The van der Waals surface area contributed by atoms with Crippen molar-refractivity contribution in [2.75, 3.05) is 31.7 Å². The van der Waals surface area contributed by atoms with Crippen LogP contribution in [0.1, 0.15) is 22.5 Å². The van der Waals surface area contributed by atoms with Gasteiger partial charge in [0.25, 0.3) is 0 Å². The molecule has 1 aromatic heterocycles. The number of furan rings is 1. The van der Waals surface area contributed by atoms with Crippen LogP contribution >= 0.6 is 23.2 Å². The Balaban J connectivity index is 1.70. The maximum atomic E-state index is 13.1. The zero-order valence-electron chi connectivity index (χ0n) is 20.2. The number of carboxylic acid groups (broad SMARTS) is 1. The first-order valence-electron chi connectivity index (χ1n) is 11.6. The Labute approximate surface area is 228 Å². The lowest BCUT2D eigenvalue weighted by atomic mass is 10.1. The SMILES string of the molecule is O=C(CC(NCc1ccc(-c2cc(Cl)ccc2Cl)o1)C(=O)Nc1ccccc1C(=O)O)NCCOCCO. The number of para-hydroxylation sites is 1. The van der Waals surface area contributed by atoms with Gasteiger partial charge >= 0.3 is 5.97 Å². The molecule has 3 rings (SSSR count). The number of benzene rings is 2. The molecule has 0 aliphatic carbocycles. The molecule has 1 heterocycles. The summed E-state index contributed by atoms with van der Waals surface area (Å²) in [7, 11) is 0. The van der Waals surface area contributed by atoms with Crippen molar-refractivity contribution in [2.24, 2.45) is 0 Å². The molecule has 2 aromatic carbocycles. The average Bonchev–Trinajstić information content (AvgIpc) is 3.36. The number of halogens is 2. The molecule has 1 atom stereocenters. The third-order valence-electron chi connectivity index (χ3n) is 5.30. The normalized spacial score (nSPS) is 11.7. The third kappa shape index (κ3) is 8.57. The summed E-state index contributed by atoms with van der Waals surface area (Å²) in [5.41, 5.74) is 0.623. The van der Waals surface area contributed by atoms with Crippen LogP contribution in [0.25, 0.3) is 11.3 Å². The molecule has 0 saturated carbocycles. The quantitative estimate of drug-likeness (QED) is 0.187. The van der Waals surface area contributed by atoms with Gasteiger partial charge in [-0.3, -0.25) is 14.9 Å². The summed E-state index contributed by atoms with van der Waals surface area (Å²) in [6.45, 7) is 0.497. The Morgan fingerprint density at radius 3 is 2.58 bits per heavy atom. The van der Waals surface area contributed by atoms with E-state index >= 15 is 0 Å². The smallest absolute Gasteiger partial charge is 0.337 e. The monoisotopic (exact) mass is 563 g/mol. The average molecular weight is 564 g/mol. The standard InChI is InChI=1S/C26H27Cl2N3O7/c27-16-5-7-20(28)19(13-16)23-8-6-17(38-23)15-30-22(14-24(33)29-9-11-37-12-10-32)25(34)31-21-4-2-1-3-18(21)26(35)36/h1-8,13,22,30,32H,9-12,14-15H2,(H,29,33)(H,31,34)(H,35,36). The Kier molecular flexibility index (Phi) is 11.1. The zero-order valence-corrected chi connectivity index (χ0v) is 21.7.